The summed E-state index contributed by atoms with van der Waals surface area (Å²) in [7, 11) is 0. The van der Waals surface area contributed by atoms with E-state index in [9.17, 15) is 9.59 Å². The number of carbonyl (C=O) groups is 2. The second-order valence-electron chi connectivity index (χ2n) is 4.19. The van der Waals surface area contributed by atoms with Crippen LogP contribution in [0.1, 0.15) is 16.1 Å². The summed E-state index contributed by atoms with van der Waals surface area (Å²) in [6, 6.07) is 8.14. The smallest absolute Gasteiger partial charge is 0.374 e. The van der Waals surface area contributed by atoms with Crippen LogP contribution in [0.2, 0.25) is 5.02 Å². The molecule has 1 N–H and O–H groups in total. The molecular formula is C14H11BrClNO4. The Labute approximate surface area is 134 Å². The van der Waals surface area contributed by atoms with Gasteiger partial charge in [-0.3, -0.25) is 4.79 Å². The molecule has 7 heteroatoms. The predicted molar refractivity (Wildman–Crippen MR) is 81.5 cm³/mol. The van der Waals surface area contributed by atoms with Crippen LogP contribution in [0.25, 0.3) is 0 Å². The molecule has 0 radical (unpaired) electrons. The summed E-state index contributed by atoms with van der Waals surface area (Å²) < 4.78 is 10.3. The molecular weight excluding hydrogens is 362 g/mol. The lowest BCUT2D eigenvalue weighted by Crippen LogP contribution is -2.21. The third kappa shape index (κ3) is 4.34. The number of furan rings is 1. The van der Waals surface area contributed by atoms with Crippen molar-refractivity contribution in [3.63, 3.8) is 0 Å². The number of esters is 1. The number of hydrogen-bond donors (Lipinski definition) is 1. The third-order valence-electron chi connectivity index (χ3n) is 2.58. The van der Waals surface area contributed by atoms with Gasteiger partial charge in [-0.15, -0.1) is 0 Å². The first-order valence-electron chi connectivity index (χ1n) is 5.94. The largest absolute Gasteiger partial charge is 0.450 e. The highest BCUT2D eigenvalue weighted by Crippen LogP contribution is 2.20. The third-order valence-corrected chi connectivity index (χ3v) is 3.24. The number of aryl methyl sites for hydroxylation is 1. The van der Waals surface area contributed by atoms with E-state index in [4.69, 9.17) is 20.8 Å². The van der Waals surface area contributed by atoms with E-state index in [1.54, 1.807) is 24.3 Å². The molecule has 2 rings (SSSR count). The van der Waals surface area contributed by atoms with Gasteiger partial charge >= 0.3 is 5.97 Å². The van der Waals surface area contributed by atoms with Gasteiger partial charge in [-0.25, -0.2) is 4.79 Å². The number of anilines is 1. The highest BCUT2D eigenvalue weighted by molar-refractivity contribution is 9.10. The fraction of sp³-hybridized carbons (Fsp3) is 0.143. The molecule has 21 heavy (non-hydrogen) atoms. The zero-order chi connectivity index (χ0) is 15.4. The Morgan fingerprint density at radius 3 is 2.76 bits per heavy atom. The fourth-order valence-electron chi connectivity index (χ4n) is 1.54. The first-order chi connectivity index (χ1) is 9.95. The van der Waals surface area contributed by atoms with Gasteiger partial charge in [-0.05, 0) is 52.7 Å². The summed E-state index contributed by atoms with van der Waals surface area (Å²) in [6.45, 7) is 1.42. The summed E-state index contributed by atoms with van der Waals surface area (Å²) in [5.74, 6) is -1.15. The van der Waals surface area contributed by atoms with E-state index in [1.807, 2.05) is 6.92 Å². The number of nitrogens with one attached hydrogen (secondary N) is 1. The molecule has 0 aliphatic heterocycles. The van der Waals surface area contributed by atoms with Gasteiger partial charge < -0.3 is 14.5 Å². The van der Waals surface area contributed by atoms with Crippen molar-refractivity contribution in [2.24, 2.45) is 0 Å². The maximum absolute atomic E-state index is 11.7. The standard InChI is InChI=1S/C14H11BrClNO4/c1-8-2-3-9(16)6-10(8)17-13(18)7-20-14(19)11-4-5-12(15)21-11/h2-6H,7H2,1H3,(H,17,18). The molecule has 2 aromatic rings. The van der Waals surface area contributed by atoms with Crippen molar-refractivity contribution >= 4 is 45.1 Å². The Morgan fingerprint density at radius 1 is 1.33 bits per heavy atom. The number of halogens is 2. The molecule has 0 unspecified atom stereocenters. The van der Waals surface area contributed by atoms with Crippen molar-refractivity contribution < 1.29 is 18.7 Å². The van der Waals surface area contributed by atoms with Crippen molar-refractivity contribution in [2.75, 3.05) is 11.9 Å². The van der Waals surface area contributed by atoms with E-state index in [1.165, 1.54) is 6.07 Å². The maximum atomic E-state index is 11.7. The van der Waals surface area contributed by atoms with E-state index in [0.717, 1.165) is 5.56 Å². The van der Waals surface area contributed by atoms with Crippen LogP contribution < -0.4 is 5.32 Å². The molecule has 1 amide bonds. The van der Waals surface area contributed by atoms with Crippen LogP contribution in [-0.4, -0.2) is 18.5 Å². The van der Waals surface area contributed by atoms with E-state index >= 15 is 0 Å². The van der Waals surface area contributed by atoms with Crippen molar-refractivity contribution in [1.82, 2.24) is 0 Å². The minimum atomic E-state index is -0.710. The van der Waals surface area contributed by atoms with Crippen molar-refractivity contribution in [3.05, 3.63) is 51.3 Å². The molecule has 0 saturated carbocycles. The predicted octanol–water partition coefficient (Wildman–Crippen LogP) is 3.80. The SMILES string of the molecule is Cc1ccc(Cl)cc1NC(=O)COC(=O)c1ccc(Br)o1. The Balaban J connectivity index is 1.90. The Hall–Kier alpha value is -1.79. The zero-order valence-electron chi connectivity index (χ0n) is 11.0. The van der Waals surface area contributed by atoms with Crippen molar-refractivity contribution in [3.8, 4) is 0 Å². The fourth-order valence-corrected chi connectivity index (χ4v) is 2.02. The molecule has 0 fully saturated rings. The average molecular weight is 373 g/mol. The summed E-state index contributed by atoms with van der Waals surface area (Å²) in [5, 5.41) is 3.13. The summed E-state index contributed by atoms with van der Waals surface area (Å²) in [6.07, 6.45) is 0. The lowest BCUT2D eigenvalue weighted by atomic mass is 10.2. The van der Waals surface area contributed by atoms with Crippen LogP contribution >= 0.6 is 27.5 Å². The van der Waals surface area contributed by atoms with Crippen LogP contribution in [0.5, 0.6) is 0 Å². The normalized spacial score (nSPS) is 10.2. The first kappa shape index (κ1) is 15.6. The highest BCUT2D eigenvalue weighted by atomic mass is 79.9. The van der Waals surface area contributed by atoms with E-state index in [0.29, 0.717) is 15.4 Å². The Morgan fingerprint density at radius 2 is 2.10 bits per heavy atom. The van der Waals surface area contributed by atoms with E-state index in [-0.39, 0.29) is 5.76 Å². The molecule has 0 spiro atoms. The van der Waals surface area contributed by atoms with Gasteiger partial charge in [-0.2, -0.15) is 0 Å². The molecule has 110 valence electrons. The van der Waals surface area contributed by atoms with Gasteiger partial charge in [0.25, 0.3) is 5.91 Å². The van der Waals surface area contributed by atoms with Gasteiger partial charge in [0, 0.05) is 10.7 Å². The second kappa shape index (κ2) is 6.78. The number of benzene rings is 1. The number of ether oxygens (including phenoxy) is 1. The van der Waals surface area contributed by atoms with Crippen LogP contribution in [-0.2, 0) is 9.53 Å². The average Bonchev–Trinajstić information content (AvgIpc) is 2.87. The van der Waals surface area contributed by atoms with Gasteiger partial charge in [0.2, 0.25) is 5.76 Å². The molecule has 0 bridgehead atoms. The van der Waals surface area contributed by atoms with Gasteiger partial charge in [0.05, 0.1) is 0 Å². The number of carbonyl (C=O) groups excluding carboxylic acids is 2. The van der Waals surface area contributed by atoms with Gasteiger partial charge in [-0.1, -0.05) is 17.7 Å². The summed E-state index contributed by atoms with van der Waals surface area (Å²) in [5.41, 5.74) is 1.43. The van der Waals surface area contributed by atoms with Crippen molar-refractivity contribution in [1.29, 1.82) is 0 Å². The van der Waals surface area contributed by atoms with Crippen molar-refractivity contribution in [2.45, 2.75) is 6.92 Å². The minimum Gasteiger partial charge on any atom is -0.450 e. The maximum Gasteiger partial charge on any atom is 0.374 e. The Kier molecular flexibility index (Phi) is 5.03. The highest BCUT2D eigenvalue weighted by Gasteiger charge is 2.14. The molecule has 0 saturated heterocycles. The first-order valence-corrected chi connectivity index (χ1v) is 7.11. The number of rotatable bonds is 4. The molecule has 5 nitrogen and oxygen atoms in total. The second-order valence-corrected chi connectivity index (χ2v) is 5.41. The zero-order valence-corrected chi connectivity index (χ0v) is 13.3. The molecule has 1 aromatic carbocycles. The topological polar surface area (TPSA) is 68.5 Å². The van der Waals surface area contributed by atoms with E-state index in [2.05, 4.69) is 21.2 Å². The lowest BCUT2D eigenvalue weighted by molar-refractivity contribution is -0.119. The number of amides is 1. The molecule has 0 aliphatic rings. The summed E-state index contributed by atoms with van der Waals surface area (Å²) >= 11 is 8.93. The Bertz CT molecular complexity index is 683. The lowest BCUT2D eigenvalue weighted by Gasteiger charge is -2.08. The summed E-state index contributed by atoms with van der Waals surface area (Å²) in [4.78, 5) is 23.3. The van der Waals surface area contributed by atoms with E-state index < -0.39 is 18.5 Å². The quantitative estimate of drug-likeness (QED) is 0.829. The van der Waals surface area contributed by atoms with Crippen LogP contribution in [0.15, 0.2) is 39.4 Å². The van der Waals surface area contributed by atoms with Crippen LogP contribution in [0.3, 0.4) is 0 Å². The van der Waals surface area contributed by atoms with Gasteiger partial charge in [0.1, 0.15) is 0 Å². The molecule has 1 heterocycles. The molecule has 1 aromatic heterocycles. The number of hydrogen-bond acceptors (Lipinski definition) is 4. The van der Waals surface area contributed by atoms with Gasteiger partial charge in [0.15, 0.2) is 11.3 Å². The monoisotopic (exact) mass is 371 g/mol. The molecule has 0 aliphatic carbocycles. The van der Waals surface area contributed by atoms with Crippen LogP contribution in [0.4, 0.5) is 5.69 Å². The van der Waals surface area contributed by atoms with Crippen LogP contribution in [0, 0.1) is 6.92 Å². The minimum absolute atomic E-state index is 0.0219. The molecule has 0 atom stereocenters.